The van der Waals surface area contributed by atoms with E-state index in [4.69, 9.17) is 0 Å². The Morgan fingerprint density at radius 1 is 1.21 bits per heavy atom. The first-order valence-corrected chi connectivity index (χ1v) is 6.13. The molecule has 1 fully saturated rings. The topological polar surface area (TPSA) is 24.1 Å². The molecule has 0 unspecified atom stereocenters. The number of hydrogen-bond donors (Lipinski definition) is 2. The van der Waals surface area contributed by atoms with E-state index in [1.165, 1.54) is 32.2 Å². The molecule has 1 rings (SSSR count). The highest BCUT2D eigenvalue weighted by molar-refractivity contribution is 4.94. The molecule has 1 saturated carbocycles. The highest BCUT2D eigenvalue weighted by Crippen LogP contribution is 2.48. The van der Waals surface area contributed by atoms with Crippen molar-refractivity contribution in [3.8, 4) is 0 Å². The van der Waals surface area contributed by atoms with Crippen molar-refractivity contribution < 1.29 is 0 Å². The Bertz CT molecular complexity index is 150. The molecule has 0 aromatic carbocycles. The van der Waals surface area contributed by atoms with Crippen LogP contribution in [0.4, 0.5) is 0 Å². The molecule has 1 aliphatic rings. The molecule has 2 N–H and O–H groups in total. The SMILES string of the molecule is CCCC1(CNCCNC(C)C)CC1. The summed E-state index contributed by atoms with van der Waals surface area (Å²) < 4.78 is 0. The first-order chi connectivity index (χ1) is 6.68. The van der Waals surface area contributed by atoms with E-state index in [2.05, 4.69) is 31.4 Å². The molecule has 0 spiro atoms. The van der Waals surface area contributed by atoms with Gasteiger partial charge in [0.1, 0.15) is 0 Å². The Kier molecular flexibility index (Phi) is 4.90. The van der Waals surface area contributed by atoms with Gasteiger partial charge in [-0.3, -0.25) is 0 Å². The van der Waals surface area contributed by atoms with E-state index in [0.717, 1.165) is 13.1 Å². The Morgan fingerprint density at radius 3 is 2.43 bits per heavy atom. The standard InChI is InChI=1S/C12H26N2/c1-4-5-12(6-7-12)10-13-8-9-14-11(2)3/h11,13-14H,4-10H2,1-3H3. The number of nitrogens with one attached hydrogen (secondary N) is 2. The zero-order valence-corrected chi connectivity index (χ0v) is 10.0. The van der Waals surface area contributed by atoms with E-state index < -0.39 is 0 Å². The fourth-order valence-electron chi connectivity index (χ4n) is 2.03. The summed E-state index contributed by atoms with van der Waals surface area (Å²) in [5.41, 5.74) is 0.701. The molecule has 2 nitrogen and oxygen atoms in total. The summed E-state index contributed by atoms with van der Waals surface area (Å²) in [6.07, 6.45) is 5.65. The first-order valence-electron chi connectivity index (χ1n) is 6.13. The Hall–Kier alpha value is -0.0800. The van der Waals surface area contributed by atoms with Crippen LogP contribution in [0.3, 0.4) is 0 Å². The van der Waals surface area contributed by atoms with E-state index in [1.807, 2.05) is 0 Å². The van der Waals surface area contributed by atoms with Gasteiger partial charge < -0.3 is 10.6 Å². The van der Waals surface area contributed by atoms with Crippen molar-refractivity contribution in [1.82, 2.24) is 10.6 Å². The molecule has 1 aliphatic carbocycles. The van der Waals surface area contributed by atoms with Crippen LogP contribution in [0.5, 0.6) is 0 Å². The predicted molar refractivity (Wildman–Crippen MR) is 62.6 cm³/mol. The van der Waals surface area contributed by atoms with Crippen molar-refractivity contribution in [3.05, 3.63) is 0 Å². The minimum absolute atomic E-state index is 0.613. The van der Waals surface area contributed by atoms with Crippen molar-refractivity contribution in [1.29, 1.82) is 0 Å². The van der Waals surface area contributed by atoms with Crippen molar-refractivity contribution in [2.24, 2.45) is 5.41 Å². The lowest BCUT2D eigenvalue weighted by molar-refractivity contribution is 0.417. The maximum atomic E-state index is 3.57. The van der Waals surface area contributed by atoms with Crippen molar-refractivity contribution in [2.45, 2.75) is 52.5 Å². The lowest BCUT2D eigenvalue weighted by atomic mass is 10.0. The molecular formula is C12H26N2. The Morgan fingerprint density at radius 2 is 1.93 bits per heavy atom. The van der Waals surface area contributed by atoms with Crippen molar-refractivity contribution in [2.75, 3.05) is 19.6 Å². The minimum atomic E-state index is 0.613. The van der Waals surface area contributed by atoms with Gasteiger partial charge in [0.2, 0.25) is 0 Å². The summed E-state index contributed by atoms with van der Waals surface area (Å²) in [4.78, 5) is 0. The summed E-state index contributed by atoms with van der Waals surface area (Å²) in [5, 5.41) is 6.99. The maximum Gasteiger partial charge on any atom is 0.00790 e. The Balaban J connectivity index is 1.93. The monoisotopic (exact) mass is 198 g/mol. The van der Waals surface area contributed by atoms with Gasteiger partial charge >= 0.3 is 0 Å². The summed E-state index contributed by atoms with van der Waals surface area (Å²) in [7, 11) is 0. The van der Waals surface area contributed by atoms with Crippen LogP contribution < -0.4 is 10.6 Å². The van der Waals surface area contributed by atoms with Gasteiger partial charge in [-0.25, -0.2) is 0 Å². The molecule has 0 amide bonds. The smallest absolute Gasteiger partial charge is 0.00790 e. The second-order valence-electron chi connectivity index (χ2n) is 5.04. The third-order valence-electron chi connectivity index (χ3n) is 3.09. The quantitative estimate of drug-likeness (QED) is 0.584. The van der Waals surface area contributed by atoms with E-state index in [1.54, 1.807) is 0 Å². The largest absolute Gasteiger partial charge is 0.315 e. The molecule has 0 heterocycles. The highest BCUT2D eigenvalue weighted by atomic mass is 15.0. The molecule has 0 saturated heterocycles. The maximum absolute atomic E-state index is 3.57. The molecular weight excluding hydrogens is 172 g/mol. The first kappa shape index (κ1) is 12.0. The van der Waals surface area contributed by atoms with Crippen LogP contribution in [0.2, 0.25) is 0 Å². The minimum Gasteiger partial charge on any atom is -0.315 e. The molecule has 0 radical (unpaired) electrons. The lowest BCUT2D eigenvalue weighted by Crippen LogP contribution is -2.34. The molecule has 84 valence electrons. The zero-order chi connectivity index (χ0) is 10.4. The van der Waals surface area contributed by atoms with Crippen LogP contribution in [0.15, 0.2) is 0 Å². The second kappa shape index (κ2) is 5.72. The second-order valence-corrected chi connectivity index (χ2v) is 5.04. The Labute approximate surface area is 88.8 Å². The van der Waals surface area contributed by atoms with Crippen LogP contribution in [0.25, 0.3) is 0 Å². The molecule has 2 heteroatoms. The van der Waals surface area contributed by atoms with E-state index in [0.29, 0.717) is 11.5 Å². The van der Waals surface area contributed by atoms with Gasteiger partial charge in [-0.05, 0) is 24.7 Å². The fourth-order valence-corrected chi connectivity index (χ4v) is 2.03. The molecule has 0 aromatic heterocycles. The molecule has 0 atom stereocenters. The van der Waals surface area contributed by atoms with Gasteiger partial charge in [0, 0.05) is 25.7 Å². The van der Waals surface area contributed by atoms with Gasteiger partial charge in [0.15, 0.2) is 0 Å². The van der Waals surface area contributed by atoms with Crippen LogP contribution in [-0.4, -0.2) is 25.7 Å². The molecule has 0 aromatic rings. The van der Waals surface area contributed by atoms with Gasteiger partial charge in [0.25, 0.3) is 0 Å². The van der Waals surface area contributed by atoms with E-state index >= 15 is 0 Å². The summed E-state index contributed by atoms with van der Waals surface area (Å²) in [5.74, 6) is 0. The predicted octanol–water partition coefficient (Wildman–Crippen LogP) is 2.15. The average Bonchev–Trinajstić information content (AvgIpc) is 2.85. The fraction of sp³-hybridized carbons (Fsp3) is 1.00. The third-order valence-corrected chi connectivity index (χ3v) is 3.09. The lowest BCUT2D eigenvalue weighted by Gasteiger charge is -2.15. The van der Waals surface area contributed by atoms with Gasteiger partial charge in [-0.2, -0.15) is 0 Å². The average molecular weight is 198 g/mol. The number of rotatable bonds is 8. The van der Waals surface area contributed by atoms with Crippen molar-refractivity contribution >= 4 is 0 Å². The van der Waals surface area contributed by atoms with Gasteiger partial charge in [-0.1, -0.05) is 27.2 Å². The van der Waals surface area contributed by atoms with Crippen LogP contribution in [0, 0.1) is 5.41 Å². The van der Waals surface area contributed by atoms with Crippen LogP contribution in [0.1, 0.15) is 46.5 Å². The molecule has 0 aliphatic heterocycles. The van der Waals surface area contributed by atoms with Crippen LogP contribution in [-0.2, 0) is 0 Å². The highest BCUT2D eigenvalue weighted by Gasteiger charge is 2.40. The zero-order valence-electron chi connectivity index (χ0n) is 10.0. The molecule has 14 heavy (non-hydrogen) atoms. The van der Waals surface area contributed by atoms with Gasteiger partial charge in [0.05, 0.1) is 0 Å². The van der Waals surface area contributed by atoms with Crippen molar-refractivity contribution in [3.63, 3.8) is 0 Å². The molecule has 0 bridgehead atoms. The number of hydrogen-bond acceptors (Lipinski definition) is 2. The summed E-state index contributed by atoms with van der Waals surface area (Å²) in [6.45, 7) is 10.1. The summed E-state index contributed by atoms with van der Waals surface area (Å²) >= 11 is 0. The van der Waals surface area contributed by atoms with Crippen LogP contribution >= 0.6 is 0 Å². The third kappa shape index (κ3) is 4.43. The normalized spacial score (nSPS) is 18.9. The van der Waals surface area contributed by atoms with Gasteiger partial charge in [-0.15, -0.1) is 0 Å². The van der Waals surface area contributed by atoms with E-state index in [-0.39, 0.29) is 0 Å². The van der Waals surface area contributed by atoms with E-state index in [9.17, 15) is 0 Å². The summed E-state index contributed by atoms with van der Waals surface area (Å²) in [6, 6.07) is 0.613.